The second-order valence-electron chi connectivity index (χ2n) is 7.31. The Morgan fingerprint density at radius 2 is 2.10 bits per heavy atom. The van der Waals surface area contributed by atoms with Gasteiger partial charge in [0.1, 0.15) is 6.61 Å². The normalized spacial score (nSPS) is 16.3. The van der Waals surface area contributed by atoms with Crippen LogP contribution in [0.25, 0.3) is 0 Å². The number of nitrogens with one attached hydrogen (secondary N) is 1. The fraction of sp³-hybridized carbons (Fsp3) is 0.304. The van der Waals surface area contributed by atoms with Crippen LogP contribution < -0.4 is 10.1 Å². The molecule has 3 aromatic rings. The van der Waals surface area contributed by atoms with Gasteiger partial charge in [0.25, 0.3) is 5.91 Å². The average molecular weight is 470 g/mol. The van der Waals surface area contributed by atoms with Crippen molar-refractivity contribution in [2.75, 3.05) is 11.9 Å². The minimum absolute atomic E-state index is 0.264. The van der Waals surface area contributed by atoms with Crippen LogP contribution in [0.1, 0.15) is 47.1 Å². The predicted molar refractivity (Wildman–Crippen MR) is 119 cm³/mol. The minimum Gasteiger partial charge on any atom is -0.485 e. The van der Waals surface area contributed by atoms with E-state index in [1.54, 1.807) is 10.9 Å². The molecule has 0 radical (unpaired) electrons. The molecule has 1 unspecified atom stereocenters. The first-order valence-corrected chi connectivity index (χ1v) is 10.8. The van der Waals surface area contributed by atoms with Gasteiger partial charge in [0.05, 0.1) is 6.20 Å². The van der Waals surface area contributed by atoms with Gasteiger partial charge in [-0.15, -0.1) is 0 Å². The number of nitrogens with zero attached hydrogens (tertiary/aromatic N) is 2. The monoisotopic (exact) mass is 469 g/mol. The summed E-state index contributed by atoms with van der Waals surface area (Å²) in [6, 6.07) is 15.6. The number of carbonyl (C=O) groups excluding carboxylic acids is 1. The third-order valence-electron chi connectivity index (χ3n) is 5.08. The molecule has 1 aromatic heterocycles. The van der Waals surface area contributed by atoms with Crippen molar-refractivity contribution in [1.82, 2.24) is 9.78 Å². The molecular weight excluding hydrogens is 446 g/mol. The summed E-state index contributed by atoms with van der Waals surface area (Å²) in [7, 11) is 0. The van der Waals surface area contributed by atoms with E-state index >= 15 is 0 Å². The molecule has 2 heterocycles. The summed E-state index contributed by atoms with van der Waals surface area (Å²) in [5.41, 5.74) is 3.11. The Balaban J connectivity index is 1.61. The van der Waals surface area contributed by atoms with Crippen LogP contribution in [0.5, 0.6) is 5.75 Å². The summed E-state index contributed by atoms with van der Waals surface area (Å²) in [5.74, 6) is 0.176. The van der Waals surface area contributed by atoms with Gasteiger partial charge in [-0.05, 0) is 55.5 Å². The van der Waals surface area contributed by atoms with Gasteiger partial charge in [-0.25, -0.2) is 4.68 Å². The Kier molecular flexibility index (Phi) is 6.50. The van der Waals surface area contributed by atoms with Crippen molar-refractivity contribution in [3.05, 3.63) is 76.0 Å². The zero-order valence-corrected chi connectivity index (χ0v) is 18.4. The fourth-order valence-corrected chi connectivity index (χ4v) is 3.96. The zero-order valence-electron chi connectivity index (χ0n) is 16.8. The van der Waals surface area contributed by atoms with Crippen LogP contribution in [0.15, 0.2) is 59.2 Å². The van der Waals surface area contributed by atoms with Gasteiger partial charge in [0.15, 0.2) is 17.7 Å². The molecule has 2 aromatic carbocycles. The number of hydrogen-bond acceptors (Lipinski definition) is 4. The lowest BCUT2D eigenvalue weighted by Gasteiger charge is -2.24. The number of halogens is 1. The Morgan fingerprint density at radius 1 is 1.27 bits per heavy atom. The minimum atomic E-state index is -0.268. The Hall–Kier alpha value is -2.64. The van der Waals surface area contributed by atoms with Crippen LogP contribution in [0, 0.1) is 6.92 Å². The first-order valence-electron chi connectivity index (χ1n) is 10.0. The van der Waals surface area contributed by atoms with Crippen molar-refractivity contribution in [3.8, 4) is 5.75 Å². The van der Waals surface area contributed by atoms with Gasteiger partial charge >= 0.3 is 0 Å². The van der Waals surface area contributed by atoms with Gasteiger partial charge in [-0.2, -0.15) is 5.10 Å². The van der Waals surface area contributed by atoms with E-state index in [-0.39, 0.29) is 12.1 Å². The van der Waals surface area contributed by atoms with Gasteiger partial charge in [0.2, 0.25) is 0 Å². The third-order valence-corrected chi connectivity index (χ3v) is 5.57. The molecule has 30 heavy (non-hydrogen) atoms. The Morgan fingerprint density at radius 3 is 2.83 bits per heavy atom. The van der Waals surface area contributed by atoms with Crippen LogP contribution in [0.4, 0.5) is 5.69 Å². The molecule has 156 valence electrons. The number of carbonyl (C=O) groups is 1. The molecule has 1 N–H and O–H groups in total. The maximum absolute atomic E-state index is 13.3. The smallest absolute Gasteiger partial charge is 0.277 e. The molecule has 1 atom stereocenters. The molecular formula is C23H24BrN3O3. The van der Waals surface area contributed by atoms with Crippen molar-refractivity contribution >= 4 is 27.5 Å². The molecule has 1 saturated heterocycles. The summed E-state index contributed by atoms with van der Waals surface area (Å²) < 4.78 is 14.5. The highest BCUT2D eigenvalue weighted by Gasteiger charge is 2.27. The fourth-order valence-electron chi connectivity index (χ4n) is 3.49. The maximum atomic E-state index is 13.3. The van der Waals surface area contributed by atoms with E-state index in [1.165, 1.54) is 0 Å². The lowest BCUT2D eigenvalue weighted by atomic mass is 10.2. The molecule has 1 aliphatic rings. The first-order chi connectivity index (χ1) is 14.6. The van der Waals surface area contributed by atoms with E-state index < -0.39 is 0 Å². The molecule has 0 saturated carbocycles. The molecule has 0 bridgehead atoms. The van der Waals surface area contributed by atoms with Crippen LogP contribution in [0.2, 0.25) is 0 Å². The van der Waals surface area contributed by atoms with Crippen molar-refractivity contribution in [2.45, 2.75) is 39.0 Å². The van der Waals surface area contributed by atoms with E-state index in [4.69, 9.17) is 9.47 Å². The van der Waals surface area contributed by atoms with E-state index in [9.17, 15) is 4.79 Å². The van der Waals surface area contributed by atoms with Crippen molar-refractivity contribution < 1.29 is 14.3 Å². The quantitative estimate of drug-likeness (QED) is 0.518. The number of rotatable bonds is 6. The highest BCUT2D eigenvalue weighted by Crippen LogP contribution is 2.29. The van der Waals surface area contributed by atoms with Crippen LogP contribution in [0.3, 0.4) is 0 Å². The van der Waals surface area contributed by atoms with Gasteiger partial charge < -0.3 is 14.8 Å². The third kappa shape index (κ3) is 4.74. The number of aryl methyl sites for hydroxylation is 1. The summed E-state index contributed by atoms with van der Waals surface area (Å²) >= 11 is 3.46. The van der Waals surface area contributed by atoms with Crippen molar-refractivity contribution in [1.29, 1.82) is 0 Å². The van der Waals surface area contributed by atoms with E-state index in [0.29, 0.717) is 24.7 Å². The number of hydrogen-bond donors (Lipinski definition) is 1. The van der Waals surface area contributed by atoms with Crippen LogP contribution in [-0.2, 0) is 11.3 Å². The second-order valence-corrected chi connectivity index (χ2v) is 8.23. The van der Waals surface area contributed by atoms with E-state index in [0.717, 1.165) is 40.5 Å². The van der Waals surface area contributed by atoms with E-state index in [1.807, 2.05) is 55.5 Å². The Labute approximate surface area is 184 Å². The summed E-state index contributed by atoms with van der Waals surface area (Å²) in [5, 5.41) is 7.45. The number of amides is 1. The highest BCUT2D eigenvalue weighted by atomic mass is 79.9. The first kappa shape index (κ1) is 20.6. The topological polar surface area (TPSA) is 65.4 Å². The largest absolute Gasteiger partial charge is 0.485 e. The van der Waals surface area contributed by atoms with Gasteiger partial charge in [-0.3, -0.25) is 4.79 Å². The highest BCUT2D eigenvalue weighted by molar-refractivity contribution is 9.10. The number of benzene rings is 2. The molecule has 6 nitrogen and oxygen atoms in total. The molecule has 1 fully saturated rings. The molecule has 0 aliphatic carbocycles. The van der Waals surface area contributed by atoms with Crippen LogP contribution >= 0.6 is 15.9 Å². The lowest BCUT2D eigenvalue weighted by Crippen LogP contribution is -2.25. The Bertz CT molecular complexity index is 1010. The molecule has 1 aliphatic heterocycles. The molecule has 4 rings (SSSR count). The van der Waals surface area contributed by atoms with Crippen molar-refractivity contribution in [2.24, 2.45) is 0 Å². The van der Waals surface area contributed by atoms with E-state index in [2.05, 4.69) is 26.3 Å². The molecule has 0 spiro atoms. The number of aromatic nitrogens is 2. The molecule has 1 amide bonds. The maximum Gasteiger partial charge on any atom is 0.277 e. The van der Waals surface area contributed by atoms with Gasteiger partial charge in [0, 0.05) is 16.8 Å². The second kappa shape index (κ2) is 9.45. The summed E-state index contributed by atoms with van der Waals surface area (Å²) in [6.07, 6.45) is 4.22. The zero-order chi connectivity index (χ0) is 20.9. The number of ether oxygens (including phenoxy) is 2. The lowest BCUT2D eigenvalue weighted by molar-refractivity contribution is -0.0406. The summed E-state index contributed by atoms with van der Waals surface area (Å²) in [4.78, 5) is 13.3. The molecule has 7 heteroatoms. The standard InChI is InChI=1S/C23H24BrN3O3/c1-16-13-18(24)10-11-19(16)26-23(28)22-20(30-15-17-7-3-2-4-8-17)14-25-27(22)21-9-5-6-12-29-21/h2-4,7-8,10-11,13-14,21H,5-6,9,12,15H2,1H3,(H,26,28). The van der Waals surface area contributed by atoms with Gasteiger partial charge in [-0.1, -0.05) is 46.3 Å². The predicted octanol–water partition coefficient (Wildman–Crippen LogP) is 5.48. The SMILES string of the molecule is Cc1cc(Br)ccc1NC(=O)c1c(OCc2ccccc2)cnn1C1CCCCO1. The van der Waals surface area contributed by atoms with Crippen molar-refractivity contribution in [3.63, 3.8) is 0 Å². The number of anilines is 1. The van der Waals surface area contributed by atoms with Crippen LogP contribution in [-0.4, -0.2) is 22.3 Å². The average Bonchev–Trinajstić information content (AvgIpc) is 3.20. The summed E-state index contributed by atoms with van der Waals surface area (Å²) in [6.45, 7) is 2.97.